The standard InChI is InChI=1S/C63H38N4O2/c1-4-17-39(18-5-1)42-33-36-53-51(38-42)46-25-10-12-29-52(46)67(53)54-30-16-32-56-58(54)50-28-15-27-47(59(50)69-56)48-35-34-45(57-49-26-11-13-31-55(49)68-60(48)57)43-23-14-24-44(37-43)63-65-61(40-19-6-2-7-20-40)64-62(66-63)41-21-8-3-9-22-41/h1-38H. The van der Waals surface area contributed by atoms with Crippen LogP contribution < -0.4 is 0 Å². The molecule has 322 valence electrons. The molecular weight excluding hydrogens is 845 g/mol. The van der Waals surface area contributed by atoms with E-state index in [-0.39, 0.29) is 0 Å². The fourth-order valence-electron chi connectivity index (χ4n) is 10.3. The van der Waals surface area contributed by atoms with Crippen LogP contribution in [0, 0.1) is 0 Å². The third-order valence-corrected chi connectivity index (χ3v) is 13.5. The highest BCUT2D eigenvalue weighted by Gasteiger charge is 2.23. The van der Waals surface area contributed by atoms with Gasteiger partial charge >= 0.3 is 0 Å². The molecule has 0 aliphatic rings. The average molecular weight is 883 g/mol. The monoisotopic (exact) mass is 882 g/mol. The van der Waals surface area contributed by atoms with Crippen LogP contribution in [0.1, 0.15) is 0 Å². The lowest BCUT2D eigenvalue weighted by Gasteiger charge is -2.11. The highest BCUT2D eigenvalue weighted by molar-refractivity contribution is 6.20. The molecule has 0 aliphatic carbocycles. The molecule has 4 heterocycles. The summed E-state index contributed by atoms with van der Waals surface area (Å²) in [5, 5.41) is 6.57. The summed E-state index contributed by atoms with van der Waals surface area (Å²) in [5.74, 6) is 1.84. The lowest BCUT2D eigenvalue weighted by Crippen LogP contribution is -2.00. The summed E-state index contributed by atoms with van der Waals surface area (Å²) in [6, 6.07) is 80.2. The highest BCUT2D eigenvalue weighted by atomic mass is 16.3. The van der Waals surface area contributed by atoms with E-state index in [2.05, 4.69) is 162 Å². The summed E-state index contributed by atoms with van der Waals surface area (Å²) in [7, 11) is 0. The quantitative estimate of drug-likeness (QED) is 0.159. The molecule has 6 nitrogen and oxygen atoms in total. The Kier molecular flexibility index (Phi) is 8.79. The van der Waals surface area contributed by atoms with Gasteiger partial charge in [-0.2, -0.15) is 0 Å². The number of aromatic nitrogens is 4. The second kappa shape index (κ2) is 15.6. The Morgan fingerprint density at radius 2 is 0.826 bits per heavy atom. The van der Waals surface area contributed by atoms with Crippen molar-refractivity contribution in [2.24, 2.45) is 0 Å². The molecule has 0 radical (unpaired) electrons. The van der Waals surface area contributed by atoms with Crippen LogP contribution >= 0.6 is 0 Å². The van der Waals surface area contributed by atoms with Gasteiger partial charge in [0.1, 0.15) is 22.3 Å². The summed E-state index contributed by atoms with van der Waals surface area (Å²) >= 11 is 0. The van der Waals surface area contributed by atoms with Crippen LogP contribution in [0.15, 0.2) is 239 Å². The van der Waals surface area contributed by atoms with Crippen LogP contribution in [-0.2, 0) is 0 Å². The minimum atomic E-state index is 0.600. The zero-order valence-electron chi connectivity index (χ0n) is 37.0. The SMILES string of the molecule is c1ccc(-c2ccc3c(c2)c2ccccc2n3-c2cccc3oc4c(-c5ccc(-c6cccc(-c7nc(-c8ccccc8)nc(-c8ccccc8)n7)c6)c6c5oc5ccccc56)cccc4c23)cc1. The number of hydrogen-bond donors (Lipinski definition) is 0. The second-order valence-corrected chi connectivity index (χ2v) is 17.5. The maximum Gasteiger partial charge on any atom is 0.164 e. The number of nitrogens with zero attached hydrogens (tertiary/aromatic N) is 4. The number of benzene rings is 10. The maximum absolute atomic E-state index is 6.99. The van der Waals surface area contributed by atoms with Crippen LogP contribution in [0.4, 0.5) is 0 Å². The largest absolute Gasteiger partial charge is 0.455 e. The summed E-state index contributed by atoms with van der Waals surface area (Å²) in [6.45, 7) is 0. The molecule has 14 aromatic rings. The van der Waals surface area contributed by atoms with Gasteiger partial charge in [-0.3, -0.25) is 0 Å². The van der Waals surface area contributed by atoms with E-state index in [0.717, 1.165) is 99.5 Å². The van der Waals surface area contributed by atoms with E-state index in [9.17, 15) is 0 Å². The predicted octanol–water partition coefficient (Wildman–Crippen LogP) is 16.8. The van der Waals surface area contributed by atoms with E-state index in [1.165, 1.54) is 21.9 Å². The fraction of sp³-hybridized carbons (Fsp3) is 0. The Labute approximate surface area is 396 Å². The van der Waals surface area contributed by atoms with E-state index in [1.807, 2.05) is 72.8 Å². The number of furan rings is 2. The first-order chi connectivity index (χ1) is 34.2. The first kappa shape index (κ1) is 38.8. The third-order valence-electron chi connectivity index (χ3n) is 13.5. The number of hydrogen-bond acceptors (Lipinski definition) is 5. The zero-order chi connectivity index (χ0) is 45.4. The molecule has 0 saturated carbocycles. The van der Waals surface area contributed by atoms with Crippen molar-refractivity contribution in [3.05, 3.63) is 231 Å². The predicted molar refractivity (Wildman–Crippen MR) is 281 cm³/mol. The molecule has 0 spiro atoms. The first-order valence-corrected chi connectivity index (χ1v) is 23.2. The summed E-state index contributed by atoms with van der Waals surface area (Å²) in [6.07, 6.45) is 0. The van der Waals surface area contributed by atoms with Gasteiger partial charge in [0.15, 0.2) is 17.5 Å². The Morgan fingerprint density at radius 1 is 0.290 bits per heavy atom. The van der Waals surface area contributed by atoms with Crippen molar-refractivity contribution >= 4 is 65.7 Å². The average Bonchev–Trinajstić information content (AvgIpc) is 4.12. The maximum atomic E-state index is 6.99. The molecule has 6 heteroatoms. The van der Waals surface area contributed by atoms with Crippen LogP contribution in [0.25, 0.3) is 139 Å². The molecule has 0 N–H and O–H groups in total. The van der Waals surface area contributed by atoms with Crippen LogP contribution in [0.3, 0.4) is 0 Å². The summed E-state index contributed by atoms with van der Waals surface area (Å²) in [4.78, 5) is 15.0. The molecule has 10 aromatic carbocycles. The van der Waals surface area contributed by atoms with Gasteiger partial charge in [0, 0.05) is 54.7 Å². The first-order valence-electron chi connectivity index (χ1n) is 23.2. The molecule has 0 fully saturated rings. The van der Waals surface area contributed by atoms with Crippen molar-refractivity contribution in [3.8, 4) is 73.2 Å². The molecule has 0 unspecified atom stereocenters. The molecule has 0 atom stereocenters. The van der Waals surface area contributed by atoms with Crippen molar-refractivity contribution < 1.29 is 8.83 Å². The topological polar surface area (TPSA) is 69.9 Å². The van der Waals surface area contributed by atoms with E-state index in [1.54, 1.807) is 0 Å². The summed E-state index contributed by atoms with van der Waals surface area (Å²) in [5.41, 5.74) is 15.7. The fourth-order valence-corrected chi connectivity index (χ4v) is 10.3. The normalized spacial score (nSPS) is 11.8. The van der Waals surface area contributed by atoms with Crippen molar-refractivity contribution in [3.63, 3.8) is 0 Å². The van der Waals surface area contributed by atoms with Crippen molar-refractivity contribution in [1.82, 2.24) is 19.5 Å². The molecule has 0 bridgehead atoms. The highest BCUT2D eigenvalue weighted by Crippen LogP contribution is 2.46. The van der Waals surface area contributed by atoms with Gasteiger partial charge in [-0.05, 0) is 70.8 Å². The van der Waals surface area contributed by atoms with Crippen molar-refractivity contribution in [1.29, 1.82) is 0 Å². The van der Waals surface area contributed by atoms with Crippen LogP contribution in [0.2, 0.25) is 0 Å². The van der Waals surface area contributed by atoms with Gasteiger partial charge in [-0.1, -0.05) is 182 Å². The Hall–Kier alpha value is -9.39. The van der Waals surface area contributed by atoms with Crippen LogP contribution in [-0.4, -0.2) is 19.5 Å². The van der Waals surface area contributed by atoms with E-state index < -0.39 is 0 Å². The van der Waals surface area contributed by atoms with Crippen LogP contribution in [0.5, 0.6) is 0 Å². The Bertz CT molecular complexity index is 4250. The van der Waals surface area contributed by atoms with E-state index in [0.29, 0.717) is 17.5 Å². The third kappa shape index (κ3) is 6.30. The van der Waals surface area contributed by atoms with Gasteiger partial charge in [0.05, 0.1) is 22.1 Å². The van der Waals surface area contributed by atoms with E-state index >= 15 is 0 Å². The molecule has 0 saturated heterocycles. The van der Waals surface area contributed by atoms with Crippen molar-refractivity contribution in [2.75, 3.05) is 0 Å². The molecular formula is C63H38N4O2. The molecule has 4 aromatic heterocycles. The minimum Gasteiger partial charge on any atom is -0.455 e. The number of para-hydroxylation sites is 3. The lowest BCUT2D eigenvalue weighted by molar-refractivity contribution is 0.665. The number of rotatable bonds is 7. The molecule has 0 amide bonds. The Morgan fingerprint density at radius 3 is 1.59 bits per heavy atom. The summed E-state index contributed by atoms with van der Waals surface area (Å²) < 4.78 is 16.3. The van der Waals surface area contributed by atoms with Gasteiger partial charge in [-0.15, -0.1) is 0 Å². The van der Waals surface area contributed by atoms with Crippen molar-refractivity contribution in [2.45, 2.75) is 0 Å². The molecule has 0 aliphatic heterocycles. The van der Waals surface area contributed by atoms with Gasteiger partial charge < -0.3 is 13.4 Å². The Balaban J connectivity index is 0.934. The molecule has 14 rings (SSSR count). The van der Waals surface area contributed by atoms with E-state index in [4.69, 9.17) is 23.8 Å². The second-order valence-electron chi connectivity index (χ2n) is 17.5. The smallest absolute Gasteiger partial charge is 0.164 e. The van der Waals surface area contributed by atoms with Gasteiger partial charge in [0.25, 0.3) is 0 Å². The molecule has 69 heavy (non-hydrogen) atoms. The zero-order valence-corrected chi connectivity index (χ0v) is 37.0. The van der Waals surface area contributed by atoms with Gasteiger partial charge in [-0.25, -0.2) is 15.0 Å². The van der Waals surface area contributed by atoms with Gasteiger partial charge in [0.2, 0.25) is 0 Å². The number of fused-ring (bicyclic) bond motifs is 9. The lowest BCUT2D eigenvalue weighted by atomic mass is 9.93. The minimum absolute atomic E-state index is 0.600.